The van der Waals surface area contributed by atoms with Gasteiger partial charge in [-0.1, -0.05) is 24.3 Å². The summed E-state index contributed by atoms with van der Waals surface area (Å²) in [6, 6.07) is 12.5. The van der Waals surface area contributed by atoms with Crippen LogP contribution < -0.4 is 0 Å². The molecule has 0 N–H and O–H groups in total. The van der Waals surface area contributed by atoms with Gasteiger partial charge in [-0.15, -0.1) is 0 Å². The van der Waals surface area contributed by atoms with Crippen molar-refractivity contribution in [2.45, 2.75) is 32.0 Å². The van der Waals surface area contributed by atoms with Crippen molar-refractivity contribution < 1.29 is 4.79 Å². The molecule has 1 aromatic carbocycles. The third-order valence-electron chi connectivity index (χ3n) is 4.98. The van der Waals surface area contributed by atoms with Gasteiger partial charge in [-0.05, 0) is 36.1 Å². The van der Waals surface area contributed by atoms with Crippen LogP contribution >= 0.6 is 0 Å². The van der Waals surface area contributed by atoms with E-state index in [2.05, 4.69) is 26.9 Å². The largest absolute Gasteiger partial charge is 0.331 e. The van der Waals surface area contributed by atoms with E-state index in [1.165, 1.54) is 11.1 Å². The molecule has 1 amide bonds. The first kappa shape index (κ1) is 14.4. The third kappa shape index (κ3) is 2.86. The maximum absolute atomic E-state index is 12.6. The summed E-state index contributed by atoms with van der Waals surface area (Å²) in [5, 5.41) is 0. The van der Waals surface area contributed by atoms with Gasteiger partial charge >= 0.3 is 0 Å². The van der Waals surface area contributed by atoms with Gasteiger partial charge in [0.05, 0.1) is 0 Å². The molecule has 4 rings (SSSR count). The number of carbonyl (C=O) groups excluding carboxylic acids is 1. The van der Waals surface area contributed by atoms with E-state index in [1.54, 1.807) is 0 Å². The van der Waals surface area contributed by atoms with Gasteiger partial charge in [-0.2, -0.15) is 0 Å². The van der Waals surface area contributed by atoms with Gasteiger partial charge in [0.15, 0.2) is 0 Å². The van der Waals surface area contributed by atoms with Gasteiger partial charge in [0.1, 0.15) is 0 Å². The van der Waals surface area contributed by atoms with Crippen molar-refractivity contribution in [2.24, 2.45) is 0 Å². The number of hydrogen-bond donors (Lipinski definition) is 0. The number of benzene rings is 1. The van der Waals surface area contributed by atoms with Crippen molar-refractivity contribution in [3.8, 4) is 0 Å². The molecule has 1 fully saturated rings. The van der Waals surface area contributed by atoms with Crippen LogP contribution in [0.1, 0.15) is 34.3 Å². The number of nitrogens with zero attached hydrogens (tertiary/aromatic N) is 3. The molecule has 1 saturated heterocycles. The topological polar surface area (TPSA) is 36.4 Å². The zero-order valence-electron chi connectivity index (χ0n) is 13.2. The number of rotatable bonds is 3. The monoisotopic (exact) mass is 307 g/mol. The third-order valence-corrected chi connectivity index (χ3v) is 4.98. The van der Waals surface area contributed by atoms with Gasteiger partial charge in [0, 0.05) is 50.2 Å². The summed E-state index contributed by atoms with van der Waals surface area (Å²) >= 11 is 0. The number of carbonyl (C=O) groups is 1. The molecule has 4 heteroatoms. The van der Waals surface area contributed by atoms with Crippen LogP contribution in [-0.2, 0) is 13.1 Å². The molecule has 0 unspecified atom stereocenters. The Balaban J connectivity index is 1.37. The SMILES string of the molecule is O=C1c2ccccc2CN1C1CCN(Cc2cccnc2)CC1. The molecule has 118 valence electrons. The molecule has 0 radical (unpaired) electrons. The minimum absolute atomic E-state index is 0.214. The van der Waals surface area contributed by atoms with E-state index in [9.17, 15) is 4.79 Å². The number of likely N-dealkylation sites (tertiary alicyclic amines) is 1. The summed E-state index contributed by atoms with van der Waals surface area (Å²) in [7, 11) is 0. The first-order chi connectivity index (χ1) is 11.3. The molecule has 0 atom stereocenters. The first-order valence-electron chi connectivity index (χ1n) is 8.31. The Bertz CT molecular complexity index is 693. The first-order valence-corrected chi connectivity index (χ1v) is 8.31. The van der Waals surface area contributed by atoms with Crippen molar-refractivity contribution in [1.29, 1.82) is 0 Å². The highest BCUT2D eigenvalue weighted by Gasteiger charge is 2.34. The summed E-state index contributed by atoms with van der Waals surface area (Å²) < 4.78 is 0. The molecule has 2 aromatic rings. The van der Waals surface area contributed by atoms with E-state index in [0.717, 1.165) is 44.6 Å². The zero-order chi connectivity index (χ0) is 15.6. The lowest BCUT2D eigenvalue weighted by Crippen LogP contribution is -2.44. The Morgan fingerprint density at radius 1 is 1.09 bits per heavy atom. The second kappa shape index (κ2) is 6.13. The number of piperidine rings is 1. The zero-order valence-corrected chi connectivity index (χ0v) is 13.2. The molecular formula is C19H21N3O. The molecule has 0 bridgehead atoms. The fourth-order valence-electron chi connectivity index (χ4n) is 3.71. The van der Waals surface area contributed by atoms with Crippen molar-refractivity contribution in [3.63, 3.8) is 0 Å². The molecule has 1 aromatic heterocycles. The molecule has 0 spiro atoms. The molecule has 4 nitrogen and oxygen atoms in total. The number of hydrogen-bond acceptors (Lipinski definition) is 3. The average molecular weight is 307 g/mol. The second-order valence-electron chi connectivity index (χ2n) is 6.46. The van der Waals surface area contributed by atoms with Crippen LogP contribution in [0.15, 0.2) is 48.8 Å². The molecule has 2 aliphatic heterocycles. The van der Waals surface area contributed by atoms with Crippen LogP contribution in [0, 0.1) is 0 Å². The number of pyridine rings is 1. The Kier molecular flexibility index (Phi) is 3.83. The van der Waals surface area contributed by atoms with Crippen LogP contribution in [0.5, 0.6) is 0 Å². The predicted molar refractivity (Wildman–Crippen MR) is 88.9 cm³/mol. The molecule has 2 aliphatic rings. The summed E-state index contributed by atoms with van der Waals surface area (Å²) in [5.41, 5.74) is 3.33. The quantitative estimate of drug-likeness (QED) is 0.875. The number of aromatic nitrogens is 1. The molecule has 23 heavy (non-hydrogen) atoms. The lowest BCUT2D eigenvalue weighted by Gasteiger charge is -2.36. The van der Waals surface area contributed by atoms with Gasteiger partial charge < -0.3 is 4.90 Å². The van der Waals surface area contributed by atoms with Crippen molar-refractivity contribution in [3.05, 3.63) is 65.5 Å². The lowest BCUT2D eigenvalue weighted by molar-refractivity contribution is 0.0590. The summed E-state index contributed by atoms with van der Waals surface area (Å²) in [4.78, 5) is 21.3. The van der Waals surface area contributed by atoms with Crippen LogP contribution in [0.3, 0.4) is 0 Å². The highest BCUT2D eigenvalue weighted by atomic mass is 16.2. The standard InChI is InChI=1S/C19H21N3O/c23-19-18-6-2-1-5-16(18)14-22(19)17-7-10-21(11-8-17)13-15-4-3-9-20-12-15/h1-6,9,12,17H,7-8,10-11,13-14H2. The minimum atomic E-state index is 0.214. The van der Waals surface area contributed by atoms with Crippen LogP contribution in [-0.4, -0.2) is 39.8 Å². The van der Waals surface area contributed by atoms with Crippen molar-refractivity contribution >= 4 is 5.91 Å². The van der Waals surface area contributed by atoms with Gasteiger partial charge in [-0.3, -0.25) is 14.7 Å². The van der Waals surface area contributed by atoms with E-state index in [1.807, 2.05) is 36.7 Å². The fraction of sp³-hybridized carbons (Fsp3) is 0.368. The summed E-state index contributed by atoms with van der Waals surface area (Å²) in [5.74, 6) is 0.214. The molecular weight excluding hydrogens is 286 g/mol. The highest BCUT2D eigenvalue weighted by molar-refractivity contribution is 5.98. The minimum Gasteiger partial charge on any atom is -0.331 e. The Morgan fingerprint density at radius 3 is 2.65 bits per heavy atom. The summed E-state index contributed by atoms with van der Waals surface area (Å²) in [6.45, 7) is 3.82. The maximum atomic E-state index is 12.6. The van der Waals surface area contributed by atoms with Gasteiger partial charge in [-0.25, -0.2) is 0 Å². The Labute approximate surface area is 136 Å². The molecule has 3 heterocycles. The van der Waals surface area contributed by atoms with Gasteiger partial charge in [0.2, 0.25) is 0 Å². The number of fused-ring (bicyclic) bond motifs is 1. The number of amides is 1. The predicted octanol–water partition coefficient (Wildman–Crippen LogP) is 2.70. The van der Waals surface area contributed by atoms with E-state index in [-0.39, 0.29) is 5.91 Å². The van der Waals surface area contributed by atoms with Crippen LogP contribution in [0.25, 0.3) is 0 Å². The fourth-order valence-corrected chi connectivity index (χ4v) is 3.71. The highest BCUT2D eigenvalue weighted by Crippen LogP contribution is 2.28. The smallest absolute Gasteiger partial charge is 0.254 e. The lowest BCUT2D eigenvalue weighted by atomic mass is 10.0. The molecule has 0 aliphatic carbocycles. The van der Waals surface area contributed by atoms with E-state index < -0.39 is 0 Å². The molecule has 0 saturated carbocycles. The van der Waals surface area contributed by atoms with E-state index in [4.69, 9.17) is 0 Å². The van der Waals surface area contributed by atoms with Crippen LogP contribution in [0.2, 0.25) is 0 Å². The second-order valence-corrected chi connectivity index (χ2v) is 6.46. The van der Waals surface area contributed by atoms with E-state index in [0.29, 0.717) is 6.04 Å². The normalized spacial score (nSPS) is 19.1. The summed E-state index contributed by atoms with van der Waals surface area (Å²) in [6.07, 6.45) is 5.86. The average Bonchev–Trinajstić information content (AvgIpc) is 2.94. The van der Waals surface area contributed by atoms with Gasteiger partial charge in [0.25, 0.3) is 5.91 Å². The maximum Gasteiger partial charge on any atom is 0.254 e. The van der Waals surface area contributed by atoms with Crippen molar-refractivity contribution in [1.82, 2.24) is 14.8 Å². The van der Waals surface area contributed by atoms with E-state index >= 15 is 0 Å². The van der Waals surface area contributed by atoms with Crippen molar-refractivity contribution in [2.75, 3.05) is 13.1 Å². The Morgan fingerprint density at radius 2 is 1.91 bits per heavy atom. The van der Waals surface area contributed by atoms with Crippen LogP contribution in [0.4, 0.5) is 0 Å². The Hall–Kier alpha value is -2.20.